The topological polar surface area (TPSA) is 72.1 Å². The first-order valence-corrected chi connectivity index (χ1v) is 9.63. The minimum Gasteiger partial charge on any atom is -0.342 e. The third kappa shape index (κ3) is 3.86. The van der Waals surface area contributed by atoms with Gasteiger partial charge in [0.1, 0.15) is 0 Å². The van der Waals surface area contributed by atoms with Crippen LogP contribution in [-0.2, 0) is 11.2 Å². The van der Waals surface area contributed by atoms with Gasteiger partial charge in [-0.3, -0.25) is 4.79 Å². The Kier molecular flexibility index (Phi) is 6.51. The van der Waals surface area contributed by atoms with Crippen LogP contribution < -0.4 is 5.73 Å². The zero-order valence-electron chi connectivity index (χ0n) is 14.6. The van der Waals surface area contributed by atoms with Crippen molar-refractivity contribution >= 4 is 30.1 Å². The van der Waals surface area contributed by atoms with Crippen LogP contribution >= 0.6 is 24.2 Å². The molecule has 1 amide bonds. The number of carbonyl (C=O) groups excluding carboxylic acids is 1. The van der Waals surface area contributed by atoms with E-state index in [1.165, 1.54) is 6.42 Å². The first-order valence-electron chi connectivity index (χ1n) is 8.41. The molecule has 24 heavy (non-hydrogen) atoms. The largest absolute Gasteiger partial charge is 0.342 e. The van der Waals surface area contributed by atoms with Gasteiger partial charge in [-0.15, -0.1) is 12.4 Å². The molecular formula is C17H27ClN4OS. The Hall–Kier alpha value is -0.850. The predicted molar refractivity (Wildman–Crippen MR) is 99.6 cm³/mol. The molecule has 1 aromatic heterocycles. The van der Waals surface area contributed by atoms with Crippen molar-refractivity contribution in [2.24, 2.45) is 17.6 Å². The summed E-state index contributed by atoms with van der Waals surface area (Å²) in [6.45, 7) is 5.77. The van der Waals surface area contributed by atoms with Crippen molar-refractivity contribution in [1.29, 1.82) is 0 Å². The van der Waals surface area contributed by atoms with E-state index < -0.39 is 0 Å². The molecule has 2 heterocycles. The van der Waals surface area contributed by atoms with Crippen molar-refractivity contribution in [3.05, 3.63) is 17.0 Å². The Bertz CT molecular complexity index is 589. The fourth-order valence-corrected chi connectivity index (χ4v) is 4.52. The second kappa shape index (κ2) is 8.02. The maximum absolute atomic E-state index is 12.5. The molecular weight excluding hydrogens is 344 g/mol. The lowest BCUT2D eigenvalue weighted by molar-refractivity contribution is -0.130. The Labute approximate surface area is 154 Å². The quantitative estimate of drug-likeness (QED) is 0.650. The number of fused-ring (bicyclic) bond motifs is 1. The minimum absolute atomic E-state index is 0. The normalized spacial score (nSPS) is 25.5. The summed E-state index contributed by atoms with van der Waals surface area (Å²) in [7, 11) is 0. The van der Waals surface area contributed by atoms with E-state index in [4.69, 9.17) is 5.73 Å². The summed E-state index contributed by atoms with van der Waals surface area (Å²) in [6.07, 6.45) is 5.54. The van der Waals surface area contributed by atoms with Gasteiger partial charge >= 0.3 is 0 Å². The van der Waals surface area contributed by atoms with E-state index in [2.05, 4.69) is 9.97 Å². The maximum atomic E-state index is 12.5. The molecule has 2 N–H and O–H groups in total. The van der Waals surface area contributed by atoms with Crippen LogP contribution in [0.4, 0.5) is 0 Å². The zero-order chi connectivity index (χ0) is 16.6. The number of amides is 1. The summed E-state index contributed by atoms with van der Waals surface area (Å²) in [6, 6.07) is 0.287. The van der Waals surface area contributed by atoms with Crippen LogP contribution in [0.1, 0.15) is 36.2 Å². The van der Waals surface area contributed by atoms with E-state index >= 15 is 0 Å². The van der Waals surface area contributed by atoms with Gasteiger partial charge in [0.2, 0.25) is 5.91 Å². The standard InChI is InChI=1S/C17H26N4OS.ClH/c1-10-13(11(2)20-17(19-10)23-3)5-7-16(22)21-8-12-4-6-15(18)14(12)9-21;/h12,14-15H,4-9,18H2,1-3H3;1H. The van der Waals surface area contributed by atoms with E-state index in [1.807, 2.05) is 25.0 Å². The van der Waals surface area contributed by atoms with Gasteiger partial charge in [0, 0.05) is 36.9 Å². The van der Waals surface area contributed by atoms with Crippen molar-refractivity contribution in [1.82, 2.24) is 14.9 Å². The SMILES string of the molecule is CSc1nc(C)c(CCC(=O)N2CC3CCC(N)C3C2)c(C)n1.Cl. The first kappa shape index (κ1) is 19.5. The highest BCUT2D eigenvalue weighted by Crippen LogP contribution is 2.37. The Morgan fingerprint density at radius 1 is 1.25 bits per heavy atom. The van der Waals surface area contributed by atoms with Crippen molar-refractivity contribution in [2.45, 2.75) is 50.7 Å². The minimum atomic E-state index is 0. The number of aryl methyl sites for hydroxylation is 2. The van der Waals surface area contributed by atoms with Crippen LogP contribution in [0.25, 0.3) is 0 Å². The molecule has 1 saturated heterocycles. The fourth-order valence-electron chi connectivity index (χ4n) is 4.06. The van der Waals surface area contributed by atoms with E-state index in [0.717, 1.165) is 48.0 Å². The lowest BCUT2D eigenvalue weighted by atomic mass is 9.98. The summed E-state index contributed by atoms with van der Waals surface area (Å²) in [5, 5.41) is 0.802. The molecule has 134 valence electrons. The third-order valence-corrected chi connectivity index (χ3v) is 5.98. The smallest absolute Gasteiger partial charge is 0.222 e. The zero-order valence-corrected chi connectivity index (χ0v) is 16.3. The molecule has 0 bridgehead atoms. The highest BCUT2D eigenvalue weighted by atomic mass is 35.5. The third-order valence-electron chi connectivity index (χ3n) is 5.44. The summed E-state index contributed by atoms with van der Waals surface area (Å²) in [5.41, 5.74) is 9.27. The first-order chi connectivity index (χ1) is 11.0. The average Bonchev–Trinajstić information content (AvgIpc) is 3.08. The summed E-state index contributed by atoms with van der Waals surface area (Å²) in [4.78, 5) is 23.6. The number of nitrogens with zero attached hydrogens (tertiary/aromatic N) is 3. The number of thioether (sulfide) groups is 1. The van der Waals surface area contributed by atoms with Crippen LogP contribution in [0.3, 0.4) is 0 Å². The molecule has 5 nitrogen and oxygen atoms in total. The molecule has 1 aromatic rings. The number of halogens is 1. The number of likely N-dealkylation sites (tertiary alicyclic amines) is 1. The molecule has 2 fully saturated rings. The fraction of sp³-hybridized carbons (Fsp3) is 0.706. The number of nitrogens with two attached hydrogens (primary N) is 1. The summed E-state index contributed by atoms with van der Waals surface area (Å²) < 4.78 is 0. The second-order valence-electron chi connectivity index (χ2n) is 6.82. The maximum Gasteiger partial charge on any atom is 0.222 e. The summed E-state index contributed by atoms with van der Waals surface area (Å²) >= 11 is 1.55. The number of hydrogen-bond acceptors (Lipinski definition) is 5. The molecule has 1 aliphatic carbocycles. The number of carbonyl (C=O) groups is 1. The number of rotatable bonds is 4. The highest BCUT2D eigenvalue weighted by molar-refractivity contribution is 7.98. The number of hydrogen-bond donors (Lipinski definition) is 1. The van der Waals surface area contributed by atoms with Gasteiger partial charge in [0.25, 0.3) is 0 Å². The van der Waals surface area contributed by atoms with Crippen LogP contribution in [-0.4, -0.2) is 46.2 Å². The van der Waals surface area contributed by atoms with E-state index in [0.29, 0.717) is 18.3 Å². The van der Waals surface area contributed by atoms with Gasteiger partial charge in [-0.2, -0.15) is 0 Å². The molecule has 1 saturated carbocycles. The molecule has 2 aliphatic rings. The lowest BCUT2D eigenvalue weighted by Gasteiger charge is -2.19. The van der Waals surface area contributed by atoms with Crippen LogP contribution in [0.2, 0.25) is 0 Å². The molecule has 3 atom stereocenters. The number of aromatic nitrogens is 2. The Morgan fingerprint density at radius 3 is 2.50 bits per heavy atom. The Morgan fingerprint density at radius 2 is 1.92 bits per heavy atom. The van der Waals surface area contributed by atoms with Gasteiger partial charge < -0.3 is 10.6 Å². The van der Waals surface area contributed by atoms with Gasteiger partial charge in [-0.25, -0.2) is 9.97 Å². The van der Waals surface area contributed by atoms with Crippen LogP contribution in [0.5, 0.6) is 0 Å². The van der Waals surface area contributed by atoms with E-state index in [-0.39, 0.29) is 24.4 Å². The average molecular weight is 371 g/mol. The molecule has 0 aromatic carbocycles. The van der Waals surface area contributed by atoms with Crippen LogP contribution in [0.15, 0.2) is 5.16 Å². The Balaban J connectivity index is 0.00000208. The molecule has 3 unspecified atom stereocenters. The van der Waals surface area contributed by atoms with E-state index in [9.17, 15) is 4.79 Å². The van der Waals surface area contributed by atoms with Gasteiger partial charge in [0.15, 0.2) is 5.16 Å². The molecule has 3 rings (SSSR count). The molecule has 0 spiro atoms. The molecule has 7 heteroatoms. The monoisotopic (exact) mass is 370 g/mol. The van der Waals surface area contributed by atoms with Crippen molar-refractivity contribution in [3.63, 3.8) is 0 Å². The van der Waals surface area contributed by atoms with E-state index in [1.54, 1.807) is 11.8 Å². The lowest BCUT2D eigenvalue weighted by Crippen LogP contribution is -2.33. The van der Waals surface area contributed by atoms with Gasteiger partial charge in [-0.05, 0) is 56.8 Å². The van der Waals surface area contributed by atoms with Crippen molar-refractivity contribution < 1.29 is 4.79 Å². The van der Waals surface area contributed by atoms with Gasteiger partial charge in [-0.1, -0.05) is 11.8 Å². The van der Waals surface area contributed by atoms with Gasteiger partial charge in [0.05, 0.1) is 0 Å². The summed E-state index contributed by atoms with van der Waals surface area (Å²) in [5.74, 6) is 1.40. The van der Waals surface area contributed by atoms with Crippen LogP contribution in [0, 0.1) is 25.7 Å². The van der Waals surface area contributed by atoms with Crippen molar-refractivity contribution in [3.8, 4) is 0 Å². The highest BCUT2D eigenvalue weighted by Gasteiger charge is 2.42. The second-order valence-corrected chi connectivity index (χ2v) is 7.60. The molecule has 1 aliphatic heterocycles. The molecule has 0 radical (unpaired) electrons. The predicted octanol–water partition coefficient (Wildman–Crippen LogP) is 2.37. The van der Waals surface area contributed by atoms with Crippen molar-refractivity contribution in [2.75, 3.05) is 19.3 Å².